The van der Waals surface area contributed by atoms with E-state index in [2.05, 4.69) is 36.9 Å². The average molecular weight is 470 g/mol. The van der Waals surface area contributed by atoms with Gasteiger partial charge in [-0.05, 0) is 89.7 Å². The molecule has 2 N–H and O–H groups in total. The van der Waals surface area contributed by atoms with Crippen LogP contribution in [0.4, 0.5) is 0 Å². The van der Waals surface area contributed by atoms with Crippen molar-refractivity contribution in [2.45, 2.75) is 32.5 Å². The Morgan fingerprint density at radius 2 is 1.51 bits per heavy atom. The zero-order valence-electron chi connectivity index (χ0n) is 20.1. The van der Waals surface area contributed by atoms with Gasteiger partial charge in [-0.25, -0.2) is 0 Å². The number of hydrogen-bond acceptors (Lipinski definition) is 5. The molecule has 0 amide bonds. The Morgan fingerprint density at radius 3 is 2.23 bits per heavy atom. The first-order chi connectivity index (χ1) is 16.9. The number of nitrogens with zero attached hydrogens (tertiary/aromatic N) is 1. The van der Waals surface area contributed by atoms with Gasteiger partial charge in [-0.2, -0.15) is 0 Å². The minimum Gasteiger partial charge on any atom is -0.508 e. The summed E-state index contributed by atoms with van der Waals surface area (Å²) in [4.78, 5) is 2.28. The molecule has 5 rings (SSSR count). The van der Waals surface area contributed by atoms with Gasteiger partial charge in [0.25, 0.3) is 0 Å². The van der Waals surface area contributed by atoms with Crippen molar-refractivity contribution in [3.8, 4) is 28.4 Å². The molecule has 2 unspecified atom stereocenters. The van der Waals surface area contributed by atoms with Crippen molar-refractivity contribution in [2.24, 2.45) is 0 Å². The van der Waals surface area contributed by atoms with Crippen molar-refractivity contribution >= 4 is 10.8 Å². The molecule has 35 heavy (non-hydrogen) atoms. The highest BCUT2D eigenvalue weighted by molar-refractivity contribution is 5.93. The Morgan fingerprint density at radius 1 is 0.829 bits per heavy atom. The highest BCUT2D eigenvalue weighted by Gasteiger charge is 2.22. The number of rotatable bonds is 6. The zero-order chi connectivity index (χ0) is 24.4. The first kappa shape index (κ1) is 23.2. The Hall–Kier alpha value is -3.54. The summed E-state index contributed by atoms with van der Waals surface area (Å²) in [7, 11) is 0. The molecular formula is C30H31NO4. The van der Waals surface area contributed by atoms with Crippen LogP contribution < -0.4 is 4.74 Å². The predicted molar refractivity (Wildman–Crippen MR) is 139 cm³/mol. The fourth-order valence-corrected chi connectivity index (χ4v) is 4.95. The van der Waals surface area contributed by atoms with E-state index in [9.17, 15) is 10.2 Å². The normalized spacial score (nSPS) is 18.6. The van der Waals surface area contributed by atoms with E-state index >= 15 is 0 Å². The summed E-state index contributed by atoms with van der Waals surface area (Å²) < 4.78 is 11.9. The monoisotopic (exact) mass is 469 g/mol. The number of morpholine rings is 1. The minimum absolute atomic E-state index is 0.218. The van der Waals surface area contributed by atoms with Crippen LogP contribution in [0.2, 0.25) is 0 Å². The maximum absolute atomic E-state index is 9.98. The van der Waals surface area contributed by atoms with Gasteiger partial charge in [-0.15, -0.1) is 0 Å². The number of aromatic hydroxyl groups is 2. The van der Waals surface area contributed by atoms with Gasteiger partial charge < -0.3 is 19.7 Å². The van der Waals surface area contributed by atoms with Crippen LogP contribution in [-0.4, -0.2) is 47.1 Å². The number of benzene rings is 4. The van der Waals surface area contributed by atoms with Crippen molar-refractivity contribution < 1.29 is 19.7 Å². The van der Waals surface area contributed by atoms with Crippen LogP contribution in [0.1, 0.15) is 25.0 Å². The Labute approximate surface area is 206 Å². The Balaban J connectivity index is 1.38. The number of phenols is 2. The van der Waals surface area contributed by atoms with E-state index in [1.807, 2.05) is 36.4 Å². The second-order valence-corrected chi connectivity index (χ2v) is 9.43. The number of ether oxygens (including phenoxy) is 2. The van der Waals surface area contributed by atoms with E-state index < -0.39 is 0 Å². The molecule has 4 aromatic carbocycles. The molecule has 2 atom stereocenters. The van der Waals surface area contributed by atoms with E-state index in [1.165, 1.54) is 11.1 Å². The van der Waals surface area contributed by atoms with Crippen LogP contribution >= 0.6 is 0 Å². The molecule has 5 heteroatoms. The predicted octanol–water partition coefficient (Wildman–Crippen LogP) is 5.95. The van der Waals surface area contributed by atoms with Gasteiger partial charge in [-0.1, -0.05) is 42.5 Å². The summed E-state index contributed by atoms with van der Waals surface area (Å²) in [6.45, 7) is 6.49. The minimum atomic E-state index is 0.218. The van der Waals surface area contributed by atoms with E-state index in [0.717, 1.165) is 47.2 Å². The van der Waals surface area contributed by atoms with Crippen molar-refractivity contribution in [2.75, 3.05) is 19.8 Å². The lowest BCUT2D eigenvalue weighted by Crippen LogP contribution is -2.46. The molecule has 0 spiro atoms. The lowest BCUT2D eigenvalue weighted by atomic mass is 9.90. The fraction of sp³-hybridized carbons (Fsp3) is 0.267. The molecule has 0 bridgehead atoms. The van der Waals surface area contributed by atoms with Crippen LogP contribution in [0.25, 0.3) is 21.9 Å². The van der Waals surface area contributed by atoms with Gasteiger partial charge in [0.15, 0.2) is 0 Å². The van der Waals surface area contributed by atoms with Crippen LogP contribution in [-0.2, 0) is 11.2 Å². The molecule has 0 radical (unpaired) electrons. The summed E-state index contributed by atoms with van der Waals surface area (Å²) in [6.07, 6.45) is 1.17. The third-order valence-electron chi connectivity index (χ3n) is 6.51. The standard InChI is InChI=1S/C30H31NO4/c1-20-17-31(18-21(2)35-20)19-34-27-11-3-22(4-12-27)15-30-28(23-5-8-25(32)9-6-23)13-7-24-16-26(33)10-14-29(24)30/h3-14,16,20-21,32-33H,15,17-19H2,1-2H3. The molecule has 1 heterocycles. The van der Waals surface area contributed by atoms with Crippen molar-refractivity contribution in [3.05, 3.63) is 90.0 Å². The second kappa shape index (κ2) is 9.98. The molecule has 4 aromatic rings. The smallest absolute Gasteiger partial charge is 0.142 e. The molecule has 1 fully saturated rings. The quantitative estimate of drug-likeness (QED) is 0.365. The molecule has 0 saturated carbocycles. The topological polar surface area (TPSA) is 62.2 Å². The lowest BCUT2D eigenvalue weighted by Gasteiger charge is -2.34. The number of fused-ring (bicyclic) bond motifs is 1. The highest BCUT2D eigenvalue weighted by Crippen LogP contribution is 2.34. The number of phenolic OH excluding ortho intramolecular Hbond substituents is 2. The first-order valence-electron chi connectivity index (χ1n) is 12.1. The molecule has 0 aliphatic carbocycles. The van der Waals surface area contributed by atoms with Gasteiger partial charge in [0.2, 0.25) is 0 Å². The van der Waals surface area contributed by atoms with Gasteiger partial charge in [0, 0.05) is 13.1 Å². The molecule has 5 nitrogen and oxygen atoms in total. The molecule has 1 aliphatic rings. The molecular weight excluding hydrogens is 438 g/mol. The second-order valence-electron chi connectivity index (χ2n) is 9.43. The van der Waals surface area contributed by atoms with Crippen LogP contribution in [0.15, 0.2) is 78.9 Å². The van der Waals surface area contributed by atoms with Crippen LogP contribution in [0.3, 0.4) is 0 Å². The van der Waals surface area contributed by atoms with Gasteiger partial charge in [-0.3, -0.25) is 4.90 Å². The Bertz CT molecular complexity index is 1290. The number of hydrogen-bond donors (Lipinski definition) is 2. The maximum atomic E-state index is 9.98. The molecule has 1 saturated heterocycles. The van der Waals surface area contributed by atoms with Crippen molar-refractivity contribution in [3.63, 3.8) is 0 Å². The molecule has 1 aliphatic heterocycles. The zero-order valence-corrected chi connectivity index (χ0v) is 20.1. The Kier molecular flexibility index (Phi) is 6.62. The van der Waals surface area contributed by atoms with Gasteiger partial charge in [0.05, 0.1) is 12.2 Å². The highest BCUT2D eigenvalue weighted by atomic mass is 16.5. The summed E-state index contributed by atoms with van der Waals surface area (Å²) in [6, 6.07) is 25.2. The fourth-order valence-electron chi connectivity index (χ4n) is 4.95. The third-order valence-corrected chi connectivity index (χ3v) is 6.51. The SMILES string of the molecule is CC1CN(COc2ccc(Cc3c(-c4ccc(O)cc4)ccc4cc(O)ccc34)cc2)CC(C)O1. The summed E-state index contributed by atoms with van der Waals surface area (Å²) in [5.41, 5.74) is 4.51. The van der Waals surface area contributed by atoms with E-state index in [0.29, 0.717) is 6.73 Å². The average Bonchev–Trinajstić information content (AvgIpc) is 2.84. The molecule has 180 valence electrons. The maximum Gasteiger partial charge on any atom is 0.142 e. The van der Waals surface area contributed by atoms with E-state index in [4.69, 9.17) is 9.47 Å². The van der Waals surface area contributed by atoms with E-state index in [1.54, 1.807) is 24.3 Å². The largest absolute Gasteiger partial charge is 0.508 e. The first-order valence-corrected chi connectivity index (χ1v) is 12.1. The lowest BCUT2D eigenvalue weighted by molar-refractivity contribution is -0.0845. The van der Waals surface area contributed by atoms with Crippen molar-refractivity contribution in [1.29, 1.82) is 0 Å². The van der Waals surface area contributed by atoms with Gasteiger partial charge in [0.1, 0.15) is 24.0 Å². The third kappa shape index (κ3) is 5.42. The van der Waals surface area contributed by atoms with Crippen molar-refractivity contribution in [1.82, 2.24) is 4.90 Å². The summed E-state index contributed by atoms with van der Waals surface area (Å²) >= 11 is 0. The summed E-state index contributed by atoms with van der Waals surface area (Å²) in [5.74, 6) is 1.35. The van der Waals surface area contributed by atoms with Gasteiger partial charge >= 0.3 is 0 Å². The van der Waals surface area contributed by atoms with Crippen LogP contribution in [0.5, 0.6) is 17.2 Å². The van der Waals surface area contributed by atoms with E-state index in [-0.39, 0.29) is 23.7 Å². The van der Waals surface area contributed by atoms with Crippen LogP contribution in [0, 0.1) is 0 Å². The summed E-state index contributed by atoms with van der Waals surface area (Å²) in [5, 5.41) is 21.8. The molecule has 0 aromatic heterocycles.